The third-order valence-corrected chi connectivity index (χ3v) is 3.25. The molecule has 1 rings (SSSR count). The van der Waals surface area contributed by atoms with E-state index >= 15 is 0 Å². The molecule has 3 nitrogen and oxygen atoms in total. The molecule has 3 heteroatoms. The summed E-state index contributed by atoms with van der Waals surface area (Å²) in [5.74, 6) is 0.420. The van der Waals surface area contributed by atoms with Crippen LogP contribution in [0.4, 0.5) is 0 Å². The van der Waals surface area contributed by atoms with Crippen molar-refractivity contribution in [2.75, 3.05) is 0 Å². The summed E-state index contributed by atoms with van der Waals surface area (Å²) >= 11 is 0. The van der Waals surface area contributed by atoms with Crippen molar-refractivity contribution >= 4 is 0 Å². The highest BCUT2D eigenvalue weighted by atomic mass is 16.3. The molecule has 18 heavy (non-hydrogen) atoms. The highest BCUT2D eigenvalue weighted by Crippen LogP contribution is 2.28. The minimum absolute atomic E-state index is 0.0359. The van der Waals surface area contributed by atoms with Crippen LogP contribution in [0.25, 0.3) is 0 Å². The van der Waals surface area contributed by atoms with E-state index in [1.54, 1.807) is 6.07 Å². The third kappa shape index (κ3) is 4.57. The van der Waals surface area contributed by atoms with Gasteiger partial charge in [0.05, 0.1) is 0 Å². The smallest absolute Gasteiger partial charge is 0.120 e. The predicted octanol–water partition coefficient (Wildman–Crippen LogP) is 3.72. The Balaban J connectivity index is 2.53. The molecule has 3 N–H and O–H groups in total. The molecule has 1 aromatic carbocycles. The summed E-state index contributed by atoms with van der Waals surface area (Å²) in [6, 6.07) is 5.09. The Labute approximate surface area is 110 Å². The fourth-order valence-electron chi connectivity index (χ4n) is 2.19. The lowest BCUT2D eigenvalue weighted by Crippen LogP contribution is -2.28. The van der Waals surface area contributed by atoms with Gasteiger partial charge in [-0.2, -0.15) is 0 Å². The van der Waals surface area contributed by atoms with Crippen LogP contribution in [-0.2, 0) is 0 Å². The van der Waals surface area contributed by atoms with Crippen LogP contribution in [0.3, 0.4) is 0 Å². The van der Waals surface area contributed by atoms with Crippen molar-refractivity contribution in [2.24, 2.45) is 0 Å². The average Bonchev–Trinajstić information content (AvgIpc) is 2.32. The number of nitrogens with one attached hydrogen (secondary N) is 1. The number of hydrogen-bond donors (Lipinski definition) is 3. The second kappa shape index (κ2) is 7.27. The van der Waals surface area contributed by atoms with Crippen molar-refractivity contribution in [3.8, 4) is 11.5 Å². The van der Waals surface area contributed by atoms with Crippen molar-refractivity contribution in [2.45, 2.75) is 58.5 Å². The largest absolute Gasteiger partial charge is 0.508 e. The maximum atomic E-state index is 9.78. The molecule has 0 aliphatic rings. The Kier molecular flexibility index (Phi) is 5.99. The second-order valence-corrected chi connectivity index (χ2v) is 5.03. The molecule has 0 spiro atoms. The lowest BCUT2D eigenvalue weighted by atomic mass is 10.0. The molecule has 1 aromatic rings. The Morgan fingerprint density at radius 2 is 1.89 bits per heavy atom. The first-order chi connectivity index (χ1) is 8.54. The Hall–Kier alpha value is -1.22. The lowest BCUT2D eigenvalue weighted by molar-refractivity contribution is 0.412. The fraction of sp³-hybridized carbons (Fsp3) is 0.600. The fourth-order valence-corrected chi connectivity index (χ4v) is 2.19. The maximum absolute atomic E-state index is 9.78. The van der Waals surface area contributed by atoms with E-state index in [1.807, 2.05) is 6.92 Å². The summed E-state index contributed by atoms with van der Waals surface area (Å²) in [4.78, 5) is 0. The van der Waals surface area contributed by atoms with Crippen LogP contribution >= 0.6 is 0 Å². The van der Waals surface area contributed by atoms with E-state index in [9.17, 15) is 10.2 Å². The molecule has 102 valence electrons. The average molecular weight is 251 g/mol. The molecule has 0 aliphatic heterocycles. The normalized spacial score (nSPS) is 14.4. The van der Waals surface area contributed by atoms with Crippen molar-refractivity contribution in [3.63, 3.8) is 0 Å². The monoisotopic (exact) mass is 251 g/mol. The summed E-state index contributed by atoms with van der Waals surface area (Å²) in [5, 5.41) is 22.7. The number of phenolic OH excluding ortho intramolecular Hbond substituents is 2. The van der Waals surface area contributed by atoms with Crippen LogP contribution in [0.15, 0.2) is 18.2 Å². The molecule has 0 radical (unpaired) electrons. The summed E-state index contributed by atoms with van der Waals surface area (Å²) < 4.78 is 0. The molecule has 0 fully saturated rings. The Morgan fingerprint density at radius 3 is 2.56 bits per heavy atom. The molecule has 0 aliphatic carbocycles. The van der Waals surface area contributed by atoms with Gasteiger partial charge >= 0.3 is 0 Å². The van der Waals surface area contributed by atoms with E-state index in [4.69, 9.17) is 0 Å². The van der Waals surface area contributed by atoms with Gasteiger partial charge in [-0.25, -0.2) is 0 Å². The molecule has 0 aromatic heterocycles. The van der Waals surface area contributed by atoms with Crippen LogP contribution in [0, 0.1) is 0 Å². The molecule has 2 unspecified atom stereocenters. The molecule has 0 saturated heterocycles. The highest BCUT2D eigenvalue weighted by molar-refractivity contribution is 5.40. The van der Waals surface area contributed by atoms with Gasteiger partial charge in [-0.15, -0.1) is 0 Å². The van der Waals surface area contributed by atoms with Crippen LogP contribution in [-0.4, -0.2) is 16.3 Å². The van der Waals surface area contributed by atoms with Gasteiger partial charge in [-0.1, -0.05) is 26.2 Å². The molecule has 0 amide bonds. The Morgan fingerprint density at radius 1 is 1.17 bits per heavy atom. The first-order valence-corrected chi connectivity index (χ1v) is 6.82. The summed E-state index contributed by atoms with van der Waals surface area (Å²) in [6.45, 7) is 6.36. The van der Waals surface area contributed by atoms with Crippen LogP contribution in [0.2, 0.25) is 0 Å². The lowest BCUT2D eigenvalue weighted by Gasteiger charge is -2.21. The number of hydrogen-bond acceptors (Lipinski definition) is 3. The van der Waals surface area contributed by atoms with Gasteiger partial charge in [0, 0.05) is 17.6 Å². The van der Waals surface area contributed by atoms with Crippen molar-refractivity contribution in [1.82, 2.24) is 5.32 Å². The van der Waals surface area contributed by atoms with Gasteiger partial charge in [0.25, 0.3) is 0 Å². The number of benzene rings is 1. The van der Waals surface area contributed by atoms with Gasteiger partial charge in [-0.05, 0) is 38.5 Å². The molecule has 0 heterocycles. The van der Waals surface area contributed by atoms with E-state index in [0.717, 1.165) is 12.0 Å². The predicted molar refractivity (Wildman–Crippen MR) is 74.9 cm³/mol. The summed E-state index contributed by atoms with van der Waals surface area (Å²) in [6.07, 6.45) is 4.86. The van der Waals surface area contributed by atoms with Crippen molar-refractivity contribution in [3.05, 3.63) is 23.8 Å². The molecular weight excluding hydrogens is 226 g/mol. The SMILES string of the molecule is CCCCCC(C)NC(C)c1cc(O)ccc1O. The van der Waals surface area contributed by atoms with Crippen LogP contribution in [0.1, 0.15) is 58.1 Å². The molecule has 2 atom stereocenters. The van der Waals surface area contributed by atoms with Crippen LogP contribution < -0.4 is 5.32 Å². The van der Waals surface area contributed by atoms with Crippen LogP contribution in [0.5, 0.6) is 11.5 Å². The van der Waals surface area contributed by atoms with Gasteiger partial charge in [0.1, 0.15) is 11.5 Å². The van der Waals surface area contributed by atoms with Gasteiger partial charge in [0.15, 0.2) is 0 Å². The minimum Gasteiger partial charge on any atom is -0.508 e. The number of phenols is 2. The topological polar surface area (TPSA) is 52.5 Å². The minimum atomic E-state index is 0.0359. The standard InChI is InChI=1S/C15H25NO2/c1-4-5-6-7-11(2)16-12(3)14-10-13(17)8-9-15(14)18/h8-12,16-18H,4-7H2,1-3H3. The van der Waals surface area contributed by atoms with E-state index in [-0.39, 0.29) is 17.5 Å². The first-order valence-electron chi connectivity index (χ1n) is 6.82. The quantitative estimate of drug-likeness (QED) is 0.511. The maximum Gasteiger partial charge on any atom is 0.120 e. The van der Waals surface area contributed by atoms with E-state index < -0.39 is 0 Å². The number of aromatic hydroxyl groups is 2. The zero-order valence-electron chi connectivity index (χ0n) is 11.6. The van der Waals surface area contributed by atoms with Gasteiger partial charge in [-0.3, -0.25) is 0 Å². The van der Waals surface area contributed by atoms with Crippen molar-refractivity contribution < 1.29 is 10.2 Å². The first kappa shape index (κ1) is 14.8. The Bertz CT molecular complexity index is 366. The third-order valence-electron chi connectivity index (χ3n) is 3.25. The van der Waals surface area contributed by atoms with E-state index in [2.05, 4.69) is 19.2 Å². The van der Waals surface area contributed by atoms with Crippen molar-refractivity contribution in [1.29, 1.82) is 0 Å². The van der Waals surface area contributed by atoms with Gasteiger partial charge < -0.3 is 15.5 Å². The second-order valence-electron chi connectivity index (χ2n) is 5.03. The zero-order valence-corrected chi connectivity index (χ0v) is 11.6. The number of unbranched alkanes of at least 4 members (excludes halogenated alkanes) is 2. The molecule has 0 saturated carbocycles. The zero-order chi connectivity index (χ0) is 13.5. The van der Waals surface area contributed by atoms with Gasteiger partial charge in [0.2, 0.25) is 0 Å². The summed E-state index contributed by atoms with van der Waals surface area (Å²) in [7, 11) is 0. The molecule has 0 bridgehead atoms. The van der Waals surface area contributed by atoms with E-state index in [1.165, 1.54) is 31.4 Å². The summed E-state index contributed by atoms with van der Waals surface area (Å²) in [5.41, 5.74) is 0.748. The highest BCUT2D eigenvalue weighted by Gasteiger charge is 2.13. The molecular formula is C15H25NO2. The van der Waals surface area contributed by atoms with E-state index in [0.29, 0.717) is 6.04 Å². The number of rotatable bonds is 7.